The van der Waals surface area contributed by atoms with E-state index in [0.29, 0.717) is 17.7 Å². The third-order valence-corrected chi connectivity index (χ3v) is 5.16. The molecule has 0 spiro atoms. The second-order valence-corrected chi connectivity index (χ2v) is 7.23. The lowest BCUT2D eigenvalue weighted by Crippen LogP contribution is -2.32. The number of ether oxygens (including phenoxy) is 1. The van der Waals surface area contributed by atoms with Crippen LogP contribution in [0.3, 0.4) is 0 Å². The summed E-state index contributed by atoms with van der Waals surface area (Å²) in [5.74, 6) is -1.52. The first kappa shape index (κ1) is 19.8. The Kier molecular flexibility index (Phi) is 6.20. The molecular formula is C20H20N2O5S. The number of carbonyl (C=O) groups excluding carboxylic acids is 4. The number of carbonyl (C=O) groups is 4. The zero-order valence-electron chi connectivity index (χ0n) is 15.4. The number of hydrogen-bond donors (Lipinski definition) is 0. The van der Waals surface area contributed by atoms with Gasteiger partial charge >= 0.3 is 5.97 Å². The Labute approximate surface area is 166 Å². The van der Waals surface area contributed by atoms with Gasteiger partial charge in [0.1, 0.15) is 0 Å². The van der Waals surface area contributed by atoms with Crippen molar-refractivity contribution < 1.29 is 23.9 Å². The standard InChI is InChI=1S/C20H20N2O5S/c1-21(11-14-8-10-28-13-14)17(23)12-27-18(24)7-4-9-22-19(25)15-5-2-3-6-16(15)20(22)26/h2-3,5-6,8,10,13H,4,7,9,11-12H2,1H3. The van der Waals surface area contributed by atoms with Crippen molar-refractivity contribution in [1.29, 1.82) is 0 Å². The summed E-state index contributed by atoms with van der Waals surface area (Å²) in [6.45, 7) is 0.263. The van der Waals surface area contributed by atoms with Crippen molar-refractivity contribution in [3.8, 4) is 0 Å². The molecule has 8 heteroatoms. The van der Waals surface area contributed by atoms with Crippen LogP contribution in [0.25, 0.3) is 0 Å². The highest BCUT2D eigenvalue weighted by Crippen LogP contribution is 2.22. The van der Waals surface area contributed by atoms with Crippen LogP contribution in [0, 0.1) is 0 Å². The monoisotopic (exact) mass is 400 g/mol. The van der Waals surface area contributed by atoms with E-state index in [1.807, 2.05) is 16.8 Å². The molecule has 0 saturated heterocycles. The normalized spacial score (nSPS) is 12.8. The molecular weight excluding hydrogens is 380 g/mol. The number of nitrogens with zero attached hydrogens (tertiary/aromatic N) is 2. The summed E-state index contributed by atoms with van der Waals surface area (Å²) >= 11 is 1.55. The first-order valence-corrected chi connectivity index (χ1v) is 9.77. The average Bonchev–Trinajstić information content (AvgIpc) is 3.28. The second-order valence-electron chi connectivity index (χ2n) is 6.45. The molecule has 0 unspecified atom stereocenters. The summed E-state index contributed by atoms with van der Waals surface area (Å²) in [5, 5.41) is 3.89. The van der Waals surface area contributed by atoms with E-state index < -0.39 is 5.97 Å². The van der Waals surface area contributed by atoms with Gasteiger partial charge in [-0.25, -0.2) is 0 Å². The van der Waals surface area contributed by atoms with E-state index in [-0.39, 0.29) is 43.7 Å². The lowest BCUT2D eigenvalue weighted by atomic mass is 10.1. The van der Waals surface area contributed by atoms with Crippen LogP contribution in [-0.2, 0) is 20.9 Å². The maximum absolute atomic E-state index is 12.2. The quantitative estimate of drug-likeness (QED) is 0.502. The van der Waals surface area contributed by atoms with E-state index in [1.54, 1.807) is 42.6 Å². The van der Waals surface area contributed by atoms with E-state index >= 15 is 0 Å². The molecule has 0 radical (unpaired) electrons. The van der Waals surface area contributed by atoms with Gasteiger partial charge < -0.3 is 9.64 Å². The summed E-state index contributed by atoms with van der Waals surface area (Å²) in [6.07, 6.45) is 0.304. The maximum atomic E-state index is 12.2. The molecule has 0 bridgehead atoms. The van der Waals surface area contributed by atoms with Crippen LogP contribution in [0.1, 0.15) is 39.1 Å². The number of benzene rings is 1. The summed E-state index contributed by atoms with van der Waals surface area (Å²) in [7, 11) is 1.65. The van der Waals surface area contributed by atoms with Gasteiger partial charge in [-0.1, -0.05) is 12.1 Å². The van der Waals surface area contributed by atoms with Crippen molar-refractivity contribution in [2.24, 2.45) is 0 Å². The summed E-state index contributed by atoms with van der Waals surface area (Å²) < 4.78 is 5.01. The van der Waals surface area contributed by atoms with Crippen molar-refractivity contribution in [3.63, 3.8) is 0 Å². The number of imide groups is 1. The van der Waals surface area contributed by atoms with Crippen LogP contribution in [0.2, 0.25) is 0 Å². The molecule has 1 aliphatic rings. The molecule has 28 heavy (non-hydrogen) atoms. The van der Waals surface area contributed by atoms with Gasteiger partial charge in [-0.15, -0.1) is 0 Å². The number of hydrogen-bond acceptors (Lipinski definition) is 6. The minimum atomic E-state index is -0.533. The minimum absolute atomic E-state index is 0.0227. The van der Waals surface area contributed by atoms with Crippen LogP contribution < -0.4 is 0 Å². The fraction of sp³-hybridized carbons (Fsp3) is 0.300. The molecule has 0 saturated carbocycles. The summed E-state index contributed by atoms with van der Waals surface area (Å²) in [4.78, 5) is 51.0. The maximum Gasteiger partial charge on any atom is 0.306 e. The van der Waals surface area contributed by atoms with Crippen molar-refractivity contribution in [2.45, 2.75) is 19.4 Å². The molecule has 3 amide bonds. The number of esters is 1. The number of rotatable bonds is 8. The van der Waals surface area contributed by atoms with Crippen LogP contribution in [0.5, 0.6) is 0 Å². The Morgan fingerprint density at radius 2 is 1.79 bits per heavy atom. The Morgan fingerprint density at radius 1 is 1.11 bits per heavy atom. The highest BCUT2D eigenvalue weighted by Gasteiger charge is 2.34. The van der Waals surface area contributed by atoms with Gasteiger partial charge in [0, 0.05) is 26.6 Å². The van der Waals surface area contributed by atoms with E-state index in [1.165, 1.54) is 4.90 Å². The fourth-order valence-electron chi connectivity index (χ4n) is 2.89. The second kappa shape index (κ2) is 8.79. The molecule has 1 aromatic carbocycles. The molecule has 1 aliphatic heterocycles. The van der Waals surface area contributed by atoms with E-state index in [2.05, 4.69) is 0 Å². The van der Waals surface area contributed by atoms with Gasteiger partial charge in [0.2, 0.25) is 0 Å². The molecule has 0 atom stereocenters. The Bertz CT molecular complexity index is 859. The van der Waals surface area contributed by atoms with E-state index in [4.69, 9.17) is 4.74 Å². The topological polar surface area (TPSA) is 84.0 Å². The lowest BCUT2D eigenvalue weighted by molar-refractivity contribution is -0.151. The molecule has 2 heterocycles. The molecule has 2 aromatic rings. The summed E-state index contributed by atoms with van der Waals surface area (Å²) in [6, 6.07) is 8.57. The average molecular weight is 400 g/mol. The molecule has 7 nitrogen and oxygen atoms in total. The van der Waals surface area contributed by atoms with Gasteiger partial charge in [-0.2, -0.15) is 11.3 Å². The fourth-order valence-corrected chi connectivity index (χ4v) is 3.55. The van der Waals surface area contributed by atoms with Crippen molar-refractivity contribution in [2.75, 3.05) is 20.2 Å². The molecule has 0 aliphatic carbocycles. The SMILES string of the molecule is CN(Cc1ccsc1)C(=O)COC(=O)CCCN1C(=O)c2ccccc2C1=O. The number of likely N-dealkylation sites (N-methyl/N-ethyl adjacent to an activating group) is 1. The van der Waals surface area contributed by atoms with Gasteiger partial charge in [0.25, 0.3) is 17.7 Å². The Hall–Kier alpha value is -3.00. The first-order chi connectivity index (χ1) is 13.5. The van der Waals surface area contributed by atoms with Gasteiger partial charge in [0.05, 0.1) is 11.1 Å². The van der Waals surface area contributed by atoms with E-state index in [9.17, 15) is 19.2 Å². The zero-order valence-corrected chi connectivity index (χ0v) is 16.2. The van der Waals surface area contributed by atoms with Crippen LogP contribution in [-0.4, -0.2) is 53.7 Å². The highest BCUT2D eigenvalue weighted by atomic mass is 32.1. The van der Waals surface area contributed by atoms with Crippen molar-refractivity contribution in [3.05, 3.63) is 57.8 Å². The Balaban J connectivity index is 1.39. The number of amides is 3. The van der Waals surface area contributed by atoms with E-state index in [0.717, 1.165) is 10.5 Å². The van der Waals surface area contributed by atoms with Crippen LogP contribution in [0.4, 0.5) is 0 Å². The Morgan fingerprint density at radius 3 is 2.39 bits per heavy atom. The smallest absolute Gasteiger partial charge is 0.306 e. The van der Waals surface area contributed by atoms with Crippen LogP contribution in [0.15, 0.2) is 41.1 Å². The van der Waals surface area contributed by atoms with Crippen molar-refractivity contribution in [1.82, 2.24) is 9.80 Å². The minimum Gasteiger partial charge on any atom is -0.456 e. The first-order valence-electron chi connectivity index (χ1n) is 8.83. The van der Waals surface area contributed by atoms with Crippen molar-refractivity contribution >= 4 is 35.0 Å². The lowest BCUT2D eigenvalue weighted by Gasteiger charge is -2.16. The highest BCUT2D eigenvalue weighted by molar-refractivity contribution is 7.07. The van der Waals surface area contributed by atoms with Gasteiger partial charge in [-0.3, -0.25) is 24.1 Å². The molecule has 0 N–H and O–H groups in total. The number of thiophene rings is 1. The molecule has 0 fully saturated rings. The predicted octanol–water partition coefficient (Wildman–Crippen LogP) is 2.33. The van der Waals surface area contributed by atoms with Gasteiger partial charge in [-0.05, 0) is 40.9 Å². The largest absolute Gasteiger partial charge is 0.456 e. The van der Waals surface area contributed by atoms with Crippen LogP contribution >= 0.6 is 11.3 Å². The zero-order chi connectivity index (χ0) is 20.1. The third kappa shape index (κ3) is 4.45. The summed E-state index contributed by atoms with van der Waals surface area (Å²) in [5.41, 5.74) is 1.79. The third-order valence-electron chi connectivity index (χ3n) is 4.42. The molecule has 3 rings (SSSR count). The molecule has 1 aromatic heterocycles. The van der Waals surface area contributed by atoms with Gasteiger partial charge in [0.15, 0.2) is 6.61 Å². The predicted molar refractivity (Wildman–Crippen MR) is 103 cm³/mol. The molecule has 146 valence electrons. The number of fused-ring (bicyclic) bond motifs is 1.